The van der Waals surface area contributed by atoms with E-state index in [0.717, 1.165) is 12.8 Å². The number of aliphatic hydroxyl groups excluding tert-OH is 5. The van der Waals surface area contributed by atoms with Gasteiger partial charge in [-0.3, -0.25) is 9.35 Å². The molecule has 13 nitrogen and oxygen atoms in total. The number of ether oxygens (including phenoxy) is 2. The summed E-state index contributed by atoms with van der Waals surface area (Å²) in [5.74, 6) is -2.10. The molecule has 1 saturated heterocycles. The molecule has 4 saturated carbocycles. The van der Waals surface area contributed by atoms with Gasteiger partial charge < -0.3 is 45.4 Å². The van der Waals surface area contributed by atoms with Crippen LogP contribution < -0.4 is 5.32 Å². The van der Waals surface area contributed by atoms with E-state index in [4.69, 9.17) is 14.0 Å². The standard InChI is InChI=1S/C35H59NO12S/c1-18(20(3)31(42)36-12-13-49(44,45)46)6-7-19(2)22-15-24(37)30-34(22,5)11-9-27-33(4)10-8-21(14-23(33)25(38)16-35(27,30)43)48-32-29(41)28(40)26(39)17-47-32/h6-7,18-30,32,37-41,43H,8-17H2,1-5H3,(H,36,42)(H,44,45,46)/b7-6+/t18-,19+,20+,21+,22-,23-,24-,25+,26-,27-,28+,29-,30-,32+,33+,34-,35+/m1/s1. The molecule has 14 heteroatoms. The molecule has 0 aromatic rings. The summed E-state index contributed by atoms with van der Waals surface area (Å²) in [5, 5.41) is 68.9. The zero-order chi connectivity index (χ0) is 36.3. The largest absolute Gasteiger partial charge is 0.393 e. The molecule has 4 aliphatic carbocycles. The number of carbonyl (C=O) groups is 1. The van der Waals surface area contributed by atoms with E-state index in [0.29, 0.717) is 25.7 Å². The lowest BCUT2D eigenvalue weighted by Crippen LogP contribution is -2.68. The van der Waals surface area contributed by atoms with Gasteiger partial charge in [0.05, 0.1) is 36.3 Å². The highest BCUT2D eigenvalue weighted by molar-refractivity contribution is 7.85. The number of carbonyl (C=O) groups excluding carboxylic acids is 1. The van der Waals surface area contributed by atoms with Gasteiger partial charge in [0.15, 0.2) is 6.29 Å². The first-order valence-electron chi connectivity index (χ1n) is 18.0. The van der Waals surface area contributed by atoms with E-state index in [1.54, 1.807) is 6.92 Å². The van der Waals surface area contributed by atoms with Crippen molar-refractivity contribution < 1.29 is 57.9 Å². The fraction of sp³-hybridized carbons (Fsp3) is 0.914. The predicted octanol–water partition coefficient (Wildman–Crippen LogP) is 0.995. The Kier molecular flexibility index (Phi) is 11.4. The third kappa shape index (κ3) is 7.38. The number of hydrogen-bond acceptors (Lipinski definition) is 11. The number of allylic oxidation sites excluding steroid dienone is 2. The molecule has 0 aromatic carbocycles. The lowest BCUT2D eigenvalue weighted by atomic mass is 9.42. The van der Waals surface area contributed by atoms with E-state index in [2.05, 4.69) is 32.2 Å². The highest BCUT2D eigenvalue weighted by atomic mass is 32.2. The smallest absolute Gasteiger partial charge is 0.266 e. The molecular formula is C35H59NO12S. The van der Waals surface area contributed by atoms with Crippen molar-refractivity contribution in [3.63, 3.8) is 0 Å². The second kappa shape index (κ2) is 14.3. The molecule has 0 spiro atoms. The number of hydrogen-bond donors (Lipinski definition) is 8. The Hall–Kier alpha value is -1.20. The third-order valence-corrected chi connectivity index (χ3v) is 14.4. The van der Waals surface area contributed by atoms with Crippen LogP contribution in [0.15, 0.2) is 12.2 Å². The first kappa shape index (κ1) is 39.0. The molecule has 5 rings (SSSR count). The zero-order valence-corrected chi connectivity index (χ0v) is 30.2. The molecule has 0 unspecified atom stereocenters. The predicted molar refractivity (Wildman–Crippen MR) is 178 cm³/mol. The van der Waals surface area contributed by atoms with Crippen LogP contribution in [-0.2, 0) is 24.4 Å². The molecule has 17 atom stereocenters. The molecule has 49 heavy (non-hydrogen) atoms. The van der Waals surface area contributed by atoms with Crippen LogP contribution >= 0.6 is 0 Å². The van der Waals surface area contributed by atoms with Crippen LogP contribution in [0.3, 0.4) is 0 Å². The number of aliphatic hydroxyl groups is 6. The van der Waals surface area contributed by atoms with Gasteiger partial charge in [-0.2, -0.15) is 8.42 Å². The van der Waals surface area contributed by atoms with Crippen LogP contribution in [0.1, 0.15) is 79.6 Å². The van der Waals surface area contributed by atoms with Crippen LogP contribution in [-0.4, -0.2) is 117 Å². The summed E-state index contributed by atoms with van der Waals surface area (Å²) < 4.78 is 42.5. The van der Waals surface area contributed by atoms with Gasteiger partial charge in [0.2, 0.25) is 5.91 Å². The molecule has 8 N–H and O–H groups in total. The Balaban J connectivity index is 1.25. The molecule has 1 amide bonds. The van der Waals surface area contributed by atoms with Gasteiger partial charge in [-0.05, 0) is 78.9 Å². The summed E-state index contributed by atoms with van der Waals surface area (Å²) in [4.78, 5) is 12.6. The Morgan fingerprint density at radius 1 is 0.959 bits per heavy atom. The van der Waals surface area contributed by atoms with Crippen molar-refractivity contribution in [2.75, 3.05) is 18.9 Å². The zero-order valence-electron chi connectivity index (χ0n) is 29.4. The van der Waals surface area contributed by atoms with Crippen LogP contribution in [0.25, 0.3) is 0 Å². The van der Waals surface area contributed by atoms with Crippen molar-refractivity contribution in [1.82, 2.24) is 5.32 Å². The molecule has 1 heterocycles. The molecule has 0 aromatic heterocycles. The van der Waals surface area contributed by atoms with Gasteiger partial charge in [-0.25, -0.2) is 0 Å². The van der Waals surface area contributed by atoms with E-state index < -0.39 is 75.5 Å². The van der Waals surface area contributed by atoms with Crippen LogP contribution in [0.2, 0.25) is 0 Å². The van der Waals surface area contributed by atoms with Crippen molar-refractivity contribution in [3.05, 3.63) is 12.2 Å². The summed E-state index contributed by atoms with van der Waals surface area (Å²) in [6.45, 7) is 9.77. The molecule has 0 bridgehead atoms. The van der Waals surface area contributed by atoms with Gasteiger partial charge in [0.25, 0.3) is 10.1 Å². The number of amides is 1. The van der Waals surface area contributed by atoms with Crippen LogP contribution in [0.4, 0.5) is 0 Å². The highest BCUT2D eigenvalue weighted by Crippen LogP contribution is 2.69. The quantitative estimate of drug-likeness (QED) is 0.0901. The molecule has 1 aliphatic heterocycles. The first-order chi connectivity index (χ1) is 22.7. The molecule has 5 fully saturated rings. The summed E-state index contributed by atoms with van der Waals surface area (Å²) in [6.07, 6.45) is 1.12. The van der Waals surface area contributed by atoms with Gasteiger partial charge in [-0.15, -0.1) is 0 Å². The Bertz CT molecular complexity index is 1330. The van der Waals surface area contributed by atoms with Crippen LogP contribution in [0.5, 0.6) is 0 Å². The molecular weight excluding hydrogens is 658 g/mol. The average Bonchev–Trinajstić information content (AvgIpc) is 3.30. The van der Waals surface area contributed by atoms with Crippen molar-refractivity contribution in [2.24, 2.45) is 52.3 Å². The third-order valence-electron chi connectivity index (χ3n) is 13.7. The normalized spacial score (nSPS) is 47.5. The second-order valence-corrected chi connectivity index (χ2v) is 18.2. The van der Waals surface area contributed by atoms with Crippen molar-refractivity contribution in [3.8, 4) is 0 Å². The number of fused-ring (bicyclic) bond motifs is 5. The van der Waals surface area contributed by atoms with Crippen molar-refractivity contribution >= 4 is 16.0 Å². The van der Waals surface area contributed by atoms with E-state index in [1.165, 1.54) is 0 Å². The van der Waals surface area contributed by atoms with E-state index >= 15 is 0 Å². The van der Waals surface area contributed by atoms with Crippen molar-refractivity contribution in [2.45, 2.75) is 128 Å². The fourth-order valence-corrected chi connectivity index (χ4v) is 11.2. The topological polar surface area (TPSA) is 223 Å². The maximum Gasteiger partial charge on any atom is 0.266 e. The summed E-state index contributed by atoms with van der Waals surface area (Å²) >= 11 is 0. The highest BCUT2D eigenvalue weighted by Gasteiger charge is 2.70. The Morgan fingerprint density at radius 2 is 1.63 bits per heavy atom. The fourth-order valence-electron chi connectivity index (χ4n) is 10.9. The number of nitrogens with one attached hydrogen (secondary N) is 1. The van der Waals surface area contributed by atoms with E-state index in [1.807, 2.05) is 13.0 Å². The Morgan fingerprint density at radius 3 is 2.31 bits per heavy atom. The van der Waals surface area contributed by atoms with E-state index in [-0.39, 0.29) is 66.6 Å². The minimum Gasteiger partial charge on any atom is -0.393 e. The van der Waals surface area contributed by atoms with Gasteiger partial charge >= 0.3 is 0 Å². The average molecular weight is 718 g/mol. The number of rotatable bonds is 10. The minimum absolute atomic E-state index is 0.0310. The Labute approximate surface area is 290 Å². The minimum atomic E-state index is -4.16. The lowest BCUT2D eigenvalue weighted by Gasteiger charge is -2.66. The summed E-state index contributed by atoms with van der Waals surface area (Å²) in [7, 11) is -4.16. The maximum absolute atomic E-state index is 12.7. The van der Waals surface area contributed by atoms with Crippen molar-refractivity contribution in [1.29, 1.82) is 0 Å². The first-order valence-corrected chi connectivity index (χ1v) is 19.6. The monoisotopic (exact) mass is 717 g/mol. The summed E-state index contributed by atoms with van der Waals surface area (Å²) in [5.41, 5.74) is -2.07. The molecule has 0 radical (unpaired) electrons. The summed E-state index contributed by atoms with van der Waals surface area (Å²) in [6, 6.07) is 0. The van der Waals surface area contributed by atoms with Gasteiger partial charge in [-0.1, -0.05) is 46.8 Å². The molecule has 5 aliphatic rings. The SMILES string of the molecule is C[C@H](/C=C/[C@H](C)[C@H]1C[C@@H](O)[C@@H]2[C@]1(C)CC[C@@H]1[C@@]3(C)CC[C@H](O[C@@H]4OC[C@@H](O)[C@H](O)[C@H]4O)C[C@@H]3[C@@H](O)C[C@]12O)[C@H](C)C(=O)NCCS(=O)(=O)O. The molecule has 282 valence electrons. The maximum atomic E-state index is 12.7. The van der Waals surface area contributed by atoms with Gasteiger partial charge in [0.1, 0.15) is 18.3 Å². The lowest BCUT2D eigenvalue weighted by molar-refractivity contribution is -0.300. The van der Waals surface area contributed by atoms with Gasteiger partial charge in [0, 0.05) is 24.8 Å². The van der Waals surface area contributed by atoms with Crippen LogP contribution in [0, 0.1) is 52.3 Å². The second-order valence-electron chi connectivity index (χ2n) is 16.6. The van der Waals surface area contributed by atoms with E-state index in [9.17, 15) is 43.9 Å².